The predicted octanol–water partition coefficient (Wildman–Crippen LogP) is 4.34. The van der Waals surface area contributed by atoms with Crippen LogP contribution >= 0.6 is 22.9 Å². The van der Waals surface area contributed by atoms with Crippen LogP contribution in [-0.4, -0.2) is 17.9 Å². The minimum atomic E-state index is -0.733. The van der Waals surface area contributed by atoms with E-state index in [1.807, 2.05) is 6.92 Å². The Morgan fingerprint density at radius 3 is 2.81 bits per heavy atom. The van der Waals surface area contributed by atoms with Crippen molar-refractivity contribution in [3.63, 3.8) is 0 Å². The first kappa shape index (κ1) is 19.7. The molecule has 0 fully saturated rings. The molecule has 1 heterocycles. The molecule has 1 aromatic carbocycles. The predicted molar refractivity (Wildman–Crippen MR) is 109 cm³/mol. The van der Waals surface area contributed by atoms with E-state index in [9.17, 15) is 9.59 Å². The number of anilines is 1. The quantitative estimate of drug-likeness (QED) is 0.774. The number of fused-ring (bicyclic) bond motifs is 1. The number of aryl methyl sites for hydroxylation is 1. The first-order valence-electron chi connectivity index (χ1n) is 8.94. The summed E-state index contributed by atoms with van der Waals surface area (Å²) in [5, 5.41) is 3.98. The second-order valence-corrected chi connectivity index (χ2v) is 8.62. The van der Waals surface area contributed by atoms with Crippen molar-refractivity contribution in [2.75, 3.05) is 5.32 Å². The van der Waals surface area contributed by atoms with Crippen LogP contribution in [0.4, 0.5) is 5.00 Å². The van der Waals surface area contributed by atoms with E-state index in [1.165, 1.54) is 11.3 Å². The van der Waals surface area contributed by atoms with E-state index in [4.69, 9.17) is 22.1 Å². The lowest BCUT2D eigenvalue weighted by Crippen LogP contribution is -2.31. The minimum absolute atomic E-state index is 0.321. The lowest BCUT2D eigenvalue weighted by molar-refractivity contribution is -0.122. The zero-order valence-electron chi connectivity index (χ0n) is 15.6. The molecule has 144 valence electrons. The Hall–Kier alpha value is -2.05. The first-order valence-corrected chi connectivity index (χ1v) is 10.1. The minimum Gasteiger partial charge on any atom is -0.481 e. The summed E-state index contributed by atoms with van der Waals surface area (Å²) in [6.07, 6.45) is 2.01. The standard InChI is InChI=1S/C20H23ClN2O3S/c1-10-4-6-14-16(8-10)27-20(17(14)18(22)24)23-19(25)12(3)26-15-7-5-13(21)9-11(15)2/h5,7,9-10,12H,4,6,8H2,1-3H3,(H2,22,24)(H,23,25)/t10-,12-/m0/s1. The molecule has 27 heavy (non-hydrogen) atoms. The fourth-order valence-electron chi connectivity index (χ4n) is 3.30. The highest BCUT2D eigenvalue weighted by atomic mass is 35.5. The van der Waals surface area contributed by atoms with Gasteiger partial charge in [0.1, 0.15) is 10.8 Å². The molecule has 0 unspecified atom stereocenters. The summed E-state index contributed by atoms with van der Waals surface area (Å²) in [5.74, 6) is 0.338. The summed E-state index contributed by atoms with van der Waals surface area (Å²) in [6, 6.07) is 5.23. The third kappa shape index (κ3) is 4.28. The van der Waals surface area contributed by atoms with Gasteiger partial charge in [0.2, 0.25) is 0 Å². The molecular weight excluding hydrogens is 384 g/mol. The lowest BCUT2D eigenvalue weighted by atomic mass is 9.88. The SMILES string of the molecule is Cc1cc(Cl)ccc1O[C@@H](C)C(=O)Nc1sc2c(c1C(N)=O)CC[C@H](C)C2. The maximum absolute atomic E-state index is 12.6. The molecular formula is C20H23ClN2O3S. The molecule has 0 aliphatic heterocycles. The molecule has 1 aliphatic carbocycles. The van der Waals surface area contributed by atoms with Crippen LogP contribution in [0.1, 0.15) is 46.6 Å². The Morgan fingerprint density at radius 1 is 1.41 bits per heavy atom. The molecule has 1 aliphatic rings. The Morgan fingerprint density at radius 2 is 2.15 bits per heavy atom. The number of nitrogens with one attached hydrogen (secondary N) is 1. The molecule has 0 spiro atoms. The van der Waals surface area contributed by atoms with Gasteiger partial charge in [0.15, 0.2) is 6.10 Å². The summed E-state index contributed by atoms with van der Waals surface area (Å²) < 4.78 is 5.77. The highest BCUT2D eigenvalue weighted by molar-refractivity contribution is 7.17. The number of nitrogens with two attached hydrogens (primary N) is 1. The van der Waals surface area contributed by atoms with Crippen LogP contribution < -0.4 is 15.8 Å². The second-order valence-electron chi connectivity index (χ2n) is 7.08. The Balaban J connectivity index is 1.78. The zero-order chi connectivity index (χ0) is 19.7. The van der Waals surface area contributed by atoms with E-state index in [0.717, 1.165) is 35.3 Å². The first-order chi connectivity index (χ1) is 12.8. The van der Waals surface area contributed by atoms with Crippen LogP contribution in [0.5, 0.6) is 5.75 Å². The number of carbonyl (C=O) groups excluding carboxylic acids is 2. The van der Waals surface area contributed by atoms with Crippen molar-refractivity contribution >= 4 is 39.8 Å². The number of ether oxygens (including phenoxy) is 1. The normalized spacial score (nSPS) is 17.1. The third-order valence-corrected chi connectivity index (χ3v) is 6.21. The van der Waals surface area contributed by atoms with Crippen LogP contribution in [0.3, 0.4) is 0 Å². The molecule has 0 radical (unpaired) electrons. The van der Waals surface area contributed by atoms with Gasteiger partial charge in [-0.2, -0.15) is 0 Å². The van der Waals surface area contributed by atoms with E-state index in [0.29, 0.717) is 27.3 Å². The Kier molecular flexibility index (Phi) is 5.77. The number of primary amides is 1. The average Bonchev–Trinajstić information content (AvgIpc) is 2.94. The molecule has 0 saturated carbocycles. The number of halogens is 1. The number of rotatable bonds is 5. The van der Waals surface area contributed by atoms with Gasteiger partial charge in [-0.3, -0.25) is 9.59 Å². The topological polar surface area (TPSA) is 81.4 Å². The summed E-state index contributed by atoms with van der Waals surface area (Å²) >= 11 is 7.40. The molecule has 0 bridgehead atoms. The summed E-state index contributed by atoms with van der Waals surface area (Å²) in [7, 11) is 0. The third-order valence-electron chi connectivity index (χ3n) is 4.80. The van der Waals surface area contributed by atoms with Crippen molar-refractivity contribution in [3.05, 3.63) is 44.8 Å². The van der Waals surface area contributed by atoms with Crippen molar-refractivity contribution in [3.8, 4) is 5.75 Å². The molecule has 0 saturated heterocycles. The molecule has 1 aromatic heterocycles. The van der Waals surface area contributed by atoms with Gasteiger partial charge in [-0.15, -0.1) is 11.3 Å². The molecule has 2 amide bonds. The number of hydrogen-bond donors (Lipinski definition) is 2. The number of amides is 2. The van der Waals surface area contributed by atoms with Gasteiger partial charge in [0, 0.05) is 9.90 Å². The van der Waals surface area contributed by atoms with E-state index >= 15 is 0 Å². The molecule has 2 atom stereocenters. The van der Waals surface area contributed by atoms with Crippen molar-refractivity contribution in [1.29, 1.82) is 0 Å². The van der Waals surface area contributed by atoms with Crippen LogP contribution in [0.15, 0.2) is 18.2 Å². The maximum atomic E-state index is 12.6. The zero-order valence-corrected chi connectivity index (χ0v) is 17.2. The van der Waals surface area contributed by atoms with Gasteiger partial charge in [-0.1, -0.05) is 18.5 Å². The van der Waals surface area contributed by atoms with Crippen LogP contribution in [0.2, 0.25) is 5.02 Å². The van der Waals surface area contributed by atoms with Gasteiger partial charge in [-0.05, 0) is 68.4 Å². The highest BCUT2D eigenvalue weighted by Crippen LogP contribution is 2.39. The second kappa shape index (κ2) is 7.90. The van der Waals surface area contributed by atoms with Crippen LogP contribution in [0, 0.1) is 12.8 Å². The number of hydrogen-bond acceptors (Lipinski definition) is 4. The van der Waals surface area contributed by atoms with Crippen LogP contribution in [-0.2, 0) is 17.6 Å². The van der Waals surface area contributed by atoms with Gasteiger partial charge < -0.3 is 15.8 Å². The lowest BCUT2D eigenvalue weighted by Gasteiger charge is -2.18. The van der Waals surface area contributed by atoms with E-state index in [2.05, 4.69) is 12.2 Å². The van der Waals surface area contributed by atoms with Crippen molar-refractivity contribution in [1.82, 2.24) is 0 Å². The number of carbonyl (C=O) groups is 2. The Bertz CT molecular complexity index is 894. The molecule has 2 aromatic rings. The summed E-state index contributed by atoms with van der Waals surface area (Å²) in [4.78, 5) is 25.8. The van der Waals surface area contributed by atoms with Gasteiger partial charge in [0.25, 0.3) is 11.8 Å². The summed E-state index contributed by atoms with van der Waals surface area (Å²) in [6.45, 7) is 5.73. The van der Waals surface area contributed by atoms with E-state index < -0.39 is 12.0 Å². The smallest absolute Gasteiger partial charge is 0.265 e. The fraction of sp³-hybridized carbons (Fsp3) is 0.400. The molecule has 3 rings (SSSR count). The molecule has 7 heteroatoms. The average molecular weight is 407 g/mol. The van der Waals surface area contributed by atoms with E-state index in [-0.39, 0.29) is 5.91 Å². The number of thiophene rings is 1. The van der Waals surface area contributed by atoms with Gasteiger partial charge in [0.05, 0.1) is 5.56 Å². The highest BCUT2D eigenvalue weighted by Gasteiger charge is 2.28. The summed E-state index contributed by atoms with van der Waals surface area (Å²) in [5.41, 5.74) is 7.89. The largest absolute Gasteiger partial charge is 0.481 e. The fourth-order valence-corrected chi connectivity index (χ4v) is 4.95. The van der Waals surface area contributed by atoms with Crippen molar-refractivity contribution in [2.24, 2.45) is 11.7 Å². The molecule has 3 N–H and O–H groups in total. The Labute approximate surface area is 167 Å². The maximum Gasteiger partial charge on any atom is 0.265 e. The van der Waals surface area contributed by atoms with Crippen molar-refractivity contribution in [2.45, 2.75) is 46.1 Å². The number of benzene rings is 1. The van der Waals surface area contributed by atoms with Gasteiger partial charge >= 0.3 is 0 Å². The molecule has 5 nitrogen and oxygen atoms in total. The van der Waals surface area contributed by atoms with Gasteiger partial charge in [-0.25, -0.2) is 0 Å². The van der Waals surface area contributed by atoms with Crippen molar-refractivity contribution < 1.29 is 14.3 Å². The monoisotopic (exact) mass is 406 g/mol. The van der Waals surface area contributed by atoms with Crippen LogP contribution in [0.25, 0.3) is 0 Å². The van der Waals surface area contributed by atoms with E-state index in [1.54, 1.807) is 25.1 Å².